The SMILES string of the molecule is Cc1cc(C)c(OC2CC2)c(C)c1NC(=O)c1sccc1S(=O)(=O)Nc1onc(C)c1Cl. The largest absolute Gasteiger partial charge is 0.490 e. The Morgan fingerprint density at radius 2 is 1.97 bits per heavy atom. The van der Waals surface area contributed by atoms with Crippen LogP contribution in [-0.2, 0) is 10.0 Å². The highest BCUT2D eigenvalue weighted by Gasteiger charge is 2.29. The molecule has 0 bridgehead atoms. The zero-order chi connectivity index (χ0) is 23.2. The lowest BCUT2D eigenvalue weighted by molar-refractivity contribution is 0.102. The van der Waals surface area contributed by atoms with Gasteiger partial charge in [-0.25, -0.2) is 13.1 Å². The van der Waals surface area contributed by atoms with Gasteiger partial charge >= 0.3 is 0 Å². The van der Waals surface area contributed by atoms with Gasteiger partial charge in [0.05, 0.1) is 11.8 Å². The highest BCUT2D eigenvalue weighted by Crippen LogP contribution is 2.37. The molecule has 3 aromatic rings. The third-order valence-electron chi connectivity index (χ3n) is 5.09. The first-order valence-corrected chi connectivity index (χ1v) is 12.6. The first-order valence-electron chi connectivity index (χ1n) is 9.89. The molecule has 11 heteroatoms. The Labute approximate surface area is 195 Å². The summed E-state index contributed by atoms with van der Waals surface area (Å²) >= 11 is 7.04. The predicted octanol–water partition coefficient (Wildman–Crippen LogP) is 5.22. The number of thiophene rings is 1. The molecule has 2 aromatic heterocycles. The van der Waals surface area contributed by atoms with Gasteiger partial charge < -0.3 is 14.6 Å². The number of aromatic nitrogens is 1. The molecule has 0 atom stereocenters. The lowest BCUT2D eigenvalue weighted by atomic mass is 10.0. The molecule has 0 unspecified atom stereocenters. The molecular weight excluding hydrogens is 474 g/mol. The van der Waals surface area contributed by atoms with E-state index in [1.807, 2.05) is 26.8 Å². The van der Waals surface area contributed by atoms with Crippen LogP contribution in [0, 0.1) is 27.7 Å². The van der Waals surface area contributed by atoms with Crippen molar-refractivity contribution < 1.29 is 22.5 Å². The molecule has 8 nitrogen and oxygen atoms in total. The summed E-state index contributed by atoms with van der Waals surface area (Å²) in [7, 11) is -4.13. The maximum absolute atomic E-state index is 13.1. The van der Waals surface area contributed by atoms with E-state index < -0.39 is 15.9 Å². The summed E-state index contributed by atoms with van der Waals surface area (Å²) < 4.78 is 39.0. The number of hydrogen-bond acceptors (Lipinski definition) is 7. The Bertz CT molecular complexity index is 1310. The topological polar surface area (TPSA) is 111 Å². The number of amides is 1. The van der Waals surface area contributed by atoms with E-state index in [-0.39, 0.29) is 26.8 Å². The molecule has 0 spiro atoms. The van der Waals surface area contributed by atoms with E-state index in [1.54, 1.807) is 6.92 Å². The van der Waals surface area contributed by atoms with Crippen molar-refractivity contribution >= 4 is 50.4 Å². The van der Waals surface area contributed by atoms with Gasteiger partial charge in [-0.05, 0) is 63.1 Å². The van der Waals surface area contributed by atoms with Gasteiger partial charge in [-0.15, -0.1) is 11.3 Å². The Morgan fingerprint density at radius 3 is 2.59 bits per heavy atom. The first kappa shape index (κ1) is 22.6. The van der Waals surface area contributed by atoms with Crippen LogP contribution in [-0.4, -0.2) is 25.6 Å². The number of sulfonamides is 1. The fourth-order valence-electron chi connectivity index (χ4n) is 3.34. The van der Waals surface area contributed by atoms with Crippen molar-refractivity contribution in [3.8, 4) is 5.75 Å². The minimum absolute atomic E-state index is 0.0360. The van der Waals surface area contributed by atoms with Crippen LogP contribution in [0.5, 0.6) is 5.75 Å². The molecule has 1 saturated carbocycles. The Kier molecular flexibility index (Phi) is 5.95. The molecule has 4 rings (SSSR count). The summed E-state index contributed by atoms with van der Waals surface area (Å²) in [6.07, 6.45) is 2.25. The number of nitrogens with zero attached hydrogens (tertiary/aromatic N) is 1. The number of benzene rings is 1. The molecule has 2 N–H and O–H groups in total. The van der Waals surface area contributed by atoms with Gasteiger partial charge in [0.25, 0.3) is 21.8 Å². The number of aryl methyl sites for hydroxylation is 3. The minimum atomic E-state index is -4.13. The Morgan fingerprint density at radius 1 is 1.25 bits per heavy atom. The maximum atomic E-state index is 13.1. The maximum Gasteiger partial charge on any atom is 0.267 e. The summed E-state index contributed by atoms with van der Waals surface area (Å²) in [6, 6.07) is 3.30. The average Bonchev–Trinajstić information content (AvgIpc) is 3.31. The lowest BCUT2D eigenvalue weighted by Gasteiger charge is -2.18. The molecule has 1 aliphatic carbocycles. The van der Waals surface area contributed by atoms with Gasteiger partial charge in [0.1, 0.15) is 26.2 Å². The first-order chi connectivity index (χ1) is 15.1. The number of hydrogen-bond donors (Lipinski definition) is 2. The van der Waals surface area contributed by atoms with Crippen LogP contribution in [0.25, 0.3) is 0 Å². The summed E-state index contributed by atoms with van der Waals surface area (Å²) in [5, 5.41) is 8.10. The number of rotatable bonds is 7. The minimum Gasteiger partial charge on any atom is -0.490 e. The lowest BCUT2D eigenvalue weighted by Crippen LogP contribution is -2.19. The summed E-state index contributed by atoms with van der Waals surface area (Å²) in [5.74, 6) is 0.0193. The van der Waals surface area contributed by atoms with Crippen LogP contribution in [0.15, 0.2) is 26.9 Å². The highest BCUT2D eigenvalue weighted by molar-refractivity contribution is 7.93. The van der Waals surface area contributed by atoms with Gasteiger partial charge in [0.15, 0.2) is 0 Å². The van der Waals surface area contributed by atoms with E-state index >= 15 is 0 Å². The Balaban J connectivity index is 1.62. The predicted molar refractivity (Wildman–Crippen MR) is 124 cm³/mol. The fourth-order valence-corrected chi connectivity index (χ4v) is 5.83. The molecule has 0 saturated heterocycles. The molecular formula is C21H22ClN3O5S2. The molecule has 2 heterocycles. The standard InChI is InChI=1S/C21H22ClN3O5S2/c1-10-9-11(2)18(29-14-5-6-14)12(3)17(10)23-20(26)19-15(7-8-31-19)32(27,28)25-21-16(22)13(4)24-30-21/h7-9,14,25H,5-6H2,1-4H3,(H,23,26). The quantitative estimate of drug-likeness (QED) is 0.465. The van der Waals surface area contributed by atoms with Crippen LogP contribution in [0.3, 0.4) is 0 Å². The second-order valence-corrected chi connectivity index (χ2v) is 10.7. The van der Waals surface area contributed by atoms with Crippen molar-refractivity contribution in [2.45, 2.75) is 51.5 Å². The van der Waals surface area contributed by atoms with E-state index in [9.17, 15) is 13.2 Å². The smallest absolute Gasteiger partial charge is 0.267 e. The summed E-state index contributed by atoms with van der Waals surface area (Å²) in [5.41, 5.74) is 3.62. The number of carbonyl (C=O) groups is 1. The molecule has 1 fully saturated rings. The van der Waals surface area contributed by atoms with Gasteiger partial charge in [-0.2, -0.15) is 0 Å². The monoisotopic (exact) mass is 495 g/mol. The van der Waals surface area contributed by atoms with Crippen LogP contribution in [0.2, 0.25) is 5.02 Å². The van der Waals surface area contributed by atoms with Crippen LogP contribution in [0.4, 0.5) is 11.6 Å². The molecule has 1 aromatic carbocycles. The molecule has 0 radical (unpaired) electrons. The molecule has 1 amide bonds. The number of anilines is 2. The van der Waals surface area contributed by atoms with Gasteiger partial charge in [0.2, 0.25) is 0 Å². The molecule has 170 valence electrons. The third-order valence-corrected chi connectivity index (χ3v) is 7.95. The number of carbonyl (C=O) groups excluding carboxylic acids is 1. The van der Waals surface area contributed by atoms with E-state index in [0.717, 1.165) is 46.6 Å². The average molecular weight is 496 g/mol. The number of halogens is 1. The van der Waals surface area contributed by atoms with Crippen molar-refractivity contribution in [1.29, 1.82) is 0 Å². The van der Waals surface area contributed by atoms with Crippen LogP contribution in [0.1, 0.15) is 44.9 Å². The van der Waals surface area contributed by atoms with Crippen molar-refractivity contribution in [1.82, 2.24) is 5.16 Å². The van der Waals surface area contributed by atoms with E-state index in [2.05, 4.69) is 15.2 Å². The molecule has 1 aliphatic rings. The fraction of sp³-hybridized carbons (Fsp3) is 0.333. The summed E-state index contributed by atoms with van der Waals surface area (Å²) in [4.78, 5) is 13.0. The van der Waals surface area contributed by atoms with E-state index in [4.69, 9.17) is 20.9 Å². The van der Waals surface area contributed by atoms with Crippen molar-refractivity contribution in [2.75, 3.05) is 10.0 Å². The van der Waals surface area contributed by atoms with E-state index in [1.165, 1.54) is 11.4 Å². The van der Waals surface area contributed by atoms with Crippen molar-refractivity contribution in [3.63, 3.8) is 0 Å². The van der Waals surface area contributed by atoms with Gasteiger partial charge in [-0.3, -0.25) is 4.79 Å². The third kappa shape index (κ3) is 4.35. The van der Waals surface area contributed by atoms with E-state index in [0.29, 0.717) is 11.4 Å². The summed E-state index contributed by atoms with van der Waals surface area (Å²) in [6.45, 7) is 7.32. The normalized spacial score (nSPS) is 13.8. The van der Waals surface area contributed by atoms with Gasteiger partial charge in [-0.1, -0.05) is 22.8 Å². The number of nitrogens with one attached hydrogen (secondary N) is 2. The molecule has 32 heavy (non-hydrogen) atoms. The Hall–Kier alpha value is -2.56. The second kappa shape index (κ2) is 8.42. The van der Waals surface area contributed by atoms with Crippen molar-refractivity contribution in [3.05, 3.63) is 49.8 Å². The van der Waals surface area contributed by atoms with Crippen LogP contribution < -0.4 is 14.8 Å². The zero-order valence-corrected chi connectivity index (χ0v) is 20.3. The van der Waals surface area contributed by atoms with Crippen LogP contribution >= 0.6 is 22.9 Å². The number of ether oxygens (including phenoxy) is 1. The van der Waals surface area contributed by atoms with Crippen molar-refractivity contribution in [2.24, 2.45) is 0 Å². The highest BCUT2D eigenvalue weighted by atomic mass is 35.5. The van der Waals surface area contributed by atoms with Gasteiger partial charge in [0, 0.05) is 5.56 Å². The zero-order valence-electron chi connectivity index (χ0n) is 17.9. The molecule has 0 aliphatic heterocycles. The second-order valence-electron chi connectivity index (χ2n) is 7.74.